The maximum Gasteiger partial charge on any atom is 0.187 e. The Bertz CT molecular complexity index is 565. The largest absolute Gasteiger partial charge is 0.495 e. The average Bonchev–Trinajstić information content (AvgIpc) is 2.46. The fourth-order valence-electron chi connectivity index (χ4n) is 1.40. The number of allylic oxidation sites excluding steroid dienone is 1. The summed E-state index contributed by atoms with van der Waals surface area (Å²) in [5.74, 6) is 0.430. The second kappa shape index (κ2) is 5.72. The van der Waals surface area contributed by atoms with Crippen LogP contribution in [0, 0.1) is 0 Å². The SMILES string of the molecule is COc1cncc(C(=O)C=Cc2ccccn2)c1. The van der Waals surface area contributed by atoms with E-state index in [1.165, 1.54) is 19.4 Å². The second-order valence-electron chi connectivity index (χ2n) is 3.57. The minimum atomic E-state index is -0.132. The summed E-state index contributed by atoms with van der Waals surface area (Å²) in [7, 11) is 1.54. The number of nitrogens with zero attached hydrogens (tertiary/aromatic N) is 2. The molecule has 0 spiro atoms. The lowest BCUT2D eigenvalue weighted by atomic mass is 10.1. The lowest BCUT2D eigenvalue weighted by Crippen LogP contribution is -1.96. The number of hydrogen-bond donors (Lipinski definition) is 0. The van der Waals surface area contributed by atoms with E-state index in [1.54, 1.807) is 24.5 Å². The van der Waals surface area contributed by atoms with Crippen molar-refractivity contribution in [3.05, 3.63) is 60.2 Å². The van der Waals surface area contributed by atoms with E-state index in [2.05, 4.69) is 9.97 Å². The van der Waals surface area contributed by atoms with Gasteiger partial charge < -0.3 is 4.74 Å². The zero-order chi connectivity index (χ0) is 12.8. The van der Waals surface area contributed by atoms with E-state index in [9.17, 15) is 4.79 Å². The number of hydrogen-bond acceptors (Lipinski definition) is 4. The number of methoxy groups -OCH3 is 1. The Balaban J connectivity index is 2.14. The molecule has 2 aromatic rings. The molecule has 0 N–H and O–H groups in total. The quantitative estimate of drug-likeness (QED) is 0.608. The number of carbonyl (C=O) groups is 1. The Labute approximate surface area is 105 Å². The van der Waals surface area contributed by atoms with E-state index in [1.807, 2.05) is 18.2 Å². The topological polar surface area (TPSA) is 52.1 Å². The number of ether oxygens (including phenoxy) is 1. The standard InChI is InChI=1S/C14H12N2O2/c1-18-13-8-11(9-15-10-13)14(17)6-5-12-4-2-3-7-16-12/h2-10H,1H3. The van der Waals surface area contributed by atoms with Gasteiger partial charge in [0.05, 0.1) is 19.0 Å². The van der Waals surface area contributed by atoms with E-state index in [-0.39, 0.29) is 5.78 Å². The van der Waals surface area contributed by atoms with E-state index >= 15 is 0 Å². The monoisotopic (exact) mass is 240 g/mol. The lowest BCUT2D eigenvalue weighted by molar-refractivity contribution is 0.104. The van der Waals surface area contributed by atoms with Crippen LogP contribution in [0.3, 0.4) is 0 Å². The van der Waals surface area contributed by atoms with Crippen LogP contribution in [0.1, 0.15) is 16.1 Å². The van der Waals surface area contributed by atoms with Crippen molar-refractivity contribution in [2.75, 3.05) is 7.11 Å². The minimum absolute atomic E-state index is 0.132. The average molecular weight is 240 g/mol. The minimum Gasteiger partial charge on any atom is -0.495 e. The third kappa shape index (κ3) is 3.01. The molecule has 0 aromatic carbocycles. The summed E-state index contributed by atoms with van der Waals surface area (Å²) in [5.41, 5.74) is 1.23. The van der Waals surface area contributed by atoms with Crippen LogP contribution >= 0.6 is 0 Å². The van der Waals surface area contributed by atoms with Gasteiger partial charge in [0.25, 0.3) is 0 Å². The first-order chi connectivity index (χ1) is 8.79. The molecule has 0 saturated carbocycles. The van der Waals surface area contributed by atoms with Crippen molar-refractivity contribution < 1.29 is 9.53 Å². The molecule has 4 nitrogen and oxygen atoms in total. The first kappa shape index (κ1) is 12.0. The van der Waals surface area contributed by atoms with Crippen LogP contribution < -0.4 is 4.74 Å². The highest BCUT2D eigenvalue weighted by molar-refractivity contribution is 6.06. The zero-order valence-corrected chi connectivity index (χ0v) is 9.91. The normalized spacial score (nSPS) is 10.5. The predicted molar refractivity (Wildman–Crippen MR) is 68.4 cm³/mol. The van der Waals surface area contributed by atoms with E-state index in [4.69, 9.17) is 4.74 Å². The summed E-state index contributed by atoms with van der Waals surface area (Å²) in [4.78, 5) is 19.9. The van der Waals surface area contributed by atoms with Crippen molar-refractivity contribution in [1.82, 2.24) is 9.97 Å². The molecule has 0 aliphatic carbocycles. The Hall–Kier alpha value is -2.49. The molecule has 0 aliphatic heterocycles. The third-order valence-corrected chi connectivity index (χ3v) is 2.33. The Morgan fingerprint density at radius 1 is 1.33 bits per heavy atom. The van der Waals surface area contributed by atoms with Crippen LogP contribution in [-0.4, -0.2) is 22.9 Å². The summed E-state index contributed by atoms with van der Waals surface area (Å²) < 4.78 is 5.02. The van der Waals surface area contributed by atoms with Gasteiger partial charge in [0.1, 0.15) is 5.75 Å². The first-order valence-electron chi connectivity index (χ1n) is 5.42. The van der Waals surface area contributed by atoms with E-state index in [0.29, 0.717) is 11.3 Å². The lowest BCUT2D eigenvalue weighted by Gasteiger charge is -2.00. The van der Waals surface area contributed by atoms with Gasteiger partial charge in [-0.1, -0.05) is 6.07 Å². The summed E-state index contributed by atoms with van der Waals surface area (Å²) in [5, 5.41) is 0. The number of carbonyl (C=O) groups excluding carboxylic acids is 1. The van der Waals surface area contributed by atoms with Crippen LogP contribution in [0.2, 0.25) is 0 Å². The molecule has 2 heterocycles. The highest BCUT2D eigenvalue weighted by atomic mass is 16.5. The van der Waals surface area contributed by atoms with Gasteiger partial charge in [0, 0.05) is 18.0 Å². The molecule has 0 aliphatic rings. The fraction of sp³-hybridized carbons (Fsp3) is 0.0714. The fourth-order valence-corrected chi connectivity index (χ4v) is 1.40. The van der Waals surface area contributed by atoms with Gasteiger partial charge in [-0.25, -0.2) is 0 Å². The van der Waals surface area contributed by atoms with Gasteiger partial charge >= 0.3 is 0 Å². The summed E-state index contributed by atoms with van der Waals surface area (Å²) in [6.45, 7) is 0. The summed E-state index contributed by atoms with van der Waals surface area (Å²) >= 11 is 0. The van der Waals surface area contributed by atoms with E-state index in [0.717, 1.165) is 5.69 Å². The predicted octanol–water partition coefficient (Wildman–Crippen LogP) is 2.38. The maximum atomic E-state index is 11.9. The van der Waals surface area contributed by atoms with Gasteiger partial charge in [-0.2, -0.15) is 0 Å². The molecule has 0 unspecified atom stereocenters. The van der Waals surface area contributed by atoms with Crippen molar-refractivity contribution in [3.8, 4) is 5.75 Å². The molecule has 0 saturated heterocycles. The number of rotatable bonds is 4. The molecule has 0 bridgehead atoms. The number of aromatic nitrogens is 2. The Morgan fingerprint density at radius 2 is 2.22 bits per heavy atom. The molecule has 0 radical (unpaired) electrons. The zero-order valence-electron chi connectivity index (χ0n) is 9.91. The van der Waals surface area contributed by atoms with Gasteiger partial charge in [-0.3, -0.25) is 14.8 Å². The van der Waals surface area contributed by atoms with Gasteiger partial charge in [-0.05, 0) is 30.4 Å². The number of ketones is 1. The molecule has 0 amide bonds. The summed E-state index contributed by atoms with van der Waals surface area (Å²) in [6.07, 6.45) is 7.88. The van der Waals surface area contributed by atoms with Crippen molar-refractivity contribution in [1.29, 1.82) is 0 Å². The number of pyridine rings is 2. The van der Waals surface area contributed by atoms with Gasteiger partial charge in [0.15, 0.2) is 5.78 Å². The molecule has 90 valence electrons. The second-order valence-corrected chi connectivity index (χ2v) is 3.57. The molecule has 2 rings (SSSR count). The molecular formula is C14H12N2O2. The Morgan fingerprint density at radius 3 is 2.94 bits per heavy atom. The van der Waals surface area contributed by atoms with Crippen LogP contribution in [-0.2, 0) is 0 Å². The van der Waals surface area contributed by atoms with Crippen LogP contribution in [0.25, 0.3) is 6.08 Å². The molecule has 0 fully saturated rings. The molecule has 2 aromatic heterocycles. The summed E-state index contributed by atoms with van der Waals surface area (Å²) in [6, 6.07) is 7.17. The van der Waals surface area contributed by atoms with Crippen molar-refractivity contribution in [3.63, 3.8) is 0 Å². The first-order valence-corrected chi connectivity index (χ1v) is 5.42. The molecular weight excluding hydrogens is 228 g/mol. The maximum absolute atomic E-state index is 11.9. The Kier molecular flexibility index (Phi) is 3.81. The van der Waals surface area contributed by atoms with E-state index < -0.39 is 0 Å². The highest BCUT2D eigenvalue weighted by Crippen LogP contribution is 2.11. The van der Waals surface area contributed by atoms with Crippen LogP contribution in [0.5, 0.6) is 5.75 Å². The van der Waals surface area contributed by atoms with Gasteiger partial charge in [0.2, 0.25) is 0 Å². The highest BCUT2D eigenvalue weighted by Gasteiger charge is 2.03. The van der Waals surface area contributed by atoms with Crippen molar-refractivity contribution in [2.24, 2.45) is 0 Å². The van der Waals surface area contributed by atoms with Crippen molar-refractivity contribution >= 4 is 11.9 Å². The molecule has 18 heavy (non-hydrogen) atoms. The third-order valence-electron chi connectivity index (χ3n) is 2.33. The van der Waals surface area contributed by atoms with Crippen LogP contribution in [0.15, 0.2) is 48.9 Å². The molecule has 0 atom stereocenters. The van der Waals surface area contributed by atoms with Gasteiger partial charge in [-0.15, -0.1) is 0 Å². The smallest absolute Gasteiger partial charge is 0.187 e. The van der Waals surface area contributed by atoms with Crippen molar-refractivity contribution in [2.45, 2.75) is 0 Å². The van der Waals surface area contributed by atoms with Crippen LogP contribution in [0.4, 0.5) is 0 Å². The molecule has 4 heteroatoms.